The number of ether oxygens (including phenoxy) is 1. The molecule has 0 spiro atoms. The van der Waals surface area contributed by atoms with Crippen molar-refractivity contribution in [1.29, 1.82) is 0 Å². The molecule has 4 aromatic rings. The minimum atomic E-state index is -0.369. The molecule has 3 N–H and O–H groups in total. The van der Waals surface area contributed by atoms with E-state index in [9.17, 15) is 9.59 Å². The van der Waals surface area contributed by atoms with Crippen LogP contribution >= 0.6 is 0 Å². The monoisotopic (exact) mass is 453 g/mol. The van der Waals surface area contributed by atoms with Gasteiger partial charge in [0.2, 0.25) is 0 Å². The van der Waals surface area contributed by atoms with Gasteiger partial charge in [0.15, 0.2) is 0 Å². The third-order valence-electron chi connectivity index (χ3n) is 5.57. The lowest BCUT2D eigenvalue weighted by atomic mass is 10.1. The first-order valence-corrected chi connectivity index (χ1v) is 11.1. The smallest absolute Gasteiger partial charge is 0.267 e. The van der Waals surface area contributed by atoms with Crippen molar-refractivity contribution in [2.45, 2.75) is 13.3 Å². The van der Waals surface area contributed by atoms with E-state index >= 15 is 0 Å². The Morgan fingerprint density at radius 3 is 2.62 bits per heavy atom. The number of hydrogen-bond acceptors (Lipinski definition) is 3. The fourth-order valence-corrected chi connectivity index (χ4v) is 3.82. The summed E-state index contributed by atoms with van der Waals surface area (Å²) in [4.78, 5) is 29.3. The topological polar surface area (TPSA) is 83.2 Å². The molecule has 0 unspecified atom stereocenters. The molecule has 6 heteroatoms. The predicted octanol–water partition coefficient (Wildman–Crippen LogP) is 4.61. The Morgan fingerprint density at radius 1 is 1.00 bits per heavy atom. The fourth-order valence-electron chi connectivity index (χ4n) is 3.82. The van der Waals surface area contributed by atoms with Crippen LogP contribution in [0.15, 0.2) is 84.7 Å². The van der Waals surface area contributed by atoms with Gasteiger partial charge in [-0.2, -0.15) is 0 Å². The van der Waals surface area contributed by atoms with E-state index in [2.05, 4.69) is 21.7 Å². The number of fused-ring (bicyclic) bond motifs is 1. The van der Waals surface area contributed by atoms with Crippen LogP contribution in [0.2, 0.25) is 0 Å². The molecule has 4 rings (SSSR count). The zero-order valence-electron chi connectivity index (χ0n) is 19.2. The van der Waals surface area contributed by atoms with Gasteiger partial charge in [-0.25, -0.2) is 0 Å². The van der Waals surface area contributed by atoms with Crippen molar-refractivity contribution in [2.75, 3.05) is 13.7 Å². The molecule has 6 nitrogen and oxygen atoms in total. The van der Waals surface area contributed by atoms with Gasteiger partial charge in [-0.05, 0) is 49.2 Å². The quantitative estimate of drug-likeness (QED) is 0.341. The fraction of sp³-hybridized carbons (Fsp3) is 0.143. The van der Waals surface area contributed by atoms with Gasteiger partial charge in [0, 0.05) is 34.8 Å². The number of aryl methyl sites for hydroxylation is 1. The van der Waals surface area contributed by atoms with Gasteiger partial charge >= 0.3 is 0 Å². The molecule has 1 heterocycles. The number of H-pyrrole nitrogens is 1. The SMILES string of the molecule is COc1ccccc1C=C(NC(=O)c1cccc(C)c1)C(=O)NCCc1c[nH]c2ccccc12. The number of benzene rings is 3. The second-order valence-electron chi connectivity index (χ2n) is 7.99. The van der Waals surface area contributed by atoms with E-state index in [1.807, 2.05) is 61.7 Å². The second-order valence-corrected chi connectivity index (χ2v) is 7.99. The first kappa shape index (κ1) is 22.9. The van der Waals surface area contributed by atoms with E-state index in [1.165, 1.54) is 0 Å². The molecule has 2 amide bonds. The van der Waals surface area contributed by atoms with Crippen LogP contribution in [0.25, 0.3) is 17.0 Å². The van der Waals surface area contributed by atoms with Crippen LogP contribution in [0.4, 0.5) is 0 Å². The Kier molecular flexibility index (Phi) is 7.08. The predicted molar refractivity (Wildman–Crippen MR) is 135 cm³/mol. The largest absolute Gasteiger partial charge is 0.496 e. The summed E-state index contributed by atoms with van der Waals surface area (Å²) in [7, 11) is 1.57. The maximum absolute atomic E-state index is 13.1. The molecule has 0 radical (unpaired) electrons. The highest BCUT2D eigenvalue weighted by Crippen LogP contribution is 2.21. The average Bonchev–Trinajstić information content (AvgIpc) is 3.27. The lowest BCUT2D eigenvalue weighted by Crippen LogP contribution is -2.35. The molecule has 0 aliphatic carbocycles. The number of aromatic nitrogens is 1. The lowest BCUT2D eigenvalue weighted by molar-refractivity contribution is -0.117. The molecule has 1 aromatic heterocycles. The summed E-state index contributed by atoms with van der Waals surface area (Å²) in [6.45, 7) is 2.34. The van der Waals surface area contributed by atoms with Crippen molar-refractivity contribution in [1.82, 2.24) is 15.6 Å². The van der Waals surface area contributed by atoms with Gasteiger partial charge < -0.3 is 20.4 Å². The van der Waals surface area contributed by atoms with Crippen LogP contribution in [0, 0.1) is 6.92 Å². The number of hydrogen-bond donors (Lipinski definition) is 3. The Morgan fingerprint density at radius 2 is 1.79 bits per heavy atom. The molecule has 0 aliphatic rings. The average molecular weight is 454 g/mol. The van der Waals surface area contributed by atoms with Crippen molar-refractivity contribution in [3.05, 3.63) is 107 Å². The number of carbonyl (C=O) groups is 2. The van der Waals surface area contributed by atoms with Crippen LogP contribution in [0.1, 0.15) is 27.0 Å². The molecular weight excluding hydrogens is 426 g/mol. The van der Waals surface area contributed by atoms with Crippen molar-refractivity contribution in [2.24, 2.45) is 0 Å². The number of nitrogens with one attached hydrogen (secondary N) is 3. The molecule has 0 aliphatic heterocycles. The zero-order chi connectivity index (χ0) is 23.9. The van der Waals surface area contributed by atoms with Crippen LogP contribution < -0.4 is 15.4 Å². The third-order valence-corrected chi connectivity index (χ3v) is 5.57. The summed E-state index contributed by atoms with van der Waals surface area (Å²) < 4.78 is 5.41. The molecule has 0 bridgehead atoms. The number of rotatable bonds is 8. The minimum absolute atomic E-state index is 0.148. The molecular formula is C28H27N3O3. The van der Waals surface area contributed by atoms with E-state index in [-0.39, 0.29) is 17.5 Å². The molecule has 0 fully saturated rings. The van der Waals surface area contributed by atoms with Crippen molar-refractivity contribution in [3.63, 3.8) is 0 Å². The van der Waals surface area contributed by atoms with E-state index in [4.69, 9.17) is 4.74 Å². The van der Waals surface area contributed by atoms with Crippen LogP contribution in [0.5, 0.6) is 5.75 Å². The summed E-state index contributed by atoms with van der Waals surface area (Å²) in [6, 6.07) is 22.6. The highest BCUT2D eigenvalue weighted by Gasteiger charge is 2.16. The Labute approximate surface area is 198 Å². The highest BCUT2D eigenvalue weighted by atomic mass is 16.5. The van der Waals surface area contributed by atoms with Crippen LogP contribution in [-0.4, -0.2) is 30.5 Å². The number of aromatic amines is 1. The maximum atomic E-state index is 13.1. The van der Waals surface area contributed by atoms with Gasteiger partial charge in [-0.3, -0.25) is 9.59 Å². The standard InChI is InChI=1S/C28H27N3O3/c1-19-8-7-10-21(16-19)27(32)31-25(17-20-9-3-6-13-26(20)34-2)28(33)29-15-14-22-18-30-24-12-5-4-11-23(22)24/h3-13,16-18,30H,14-15H2,1-2H3,(H,29,33)(H,31,32). The minimum Gasteiger partial charge on any atom is -0.496 e. The molecule has 0 atom stereocenters. The maximum Gasteiger partial charge on any atom is 0.267 e. The zero-order valence-corrected chi connectivity index (χ0v) is 19.2. The lowest BCUT2D eigenvalue weighted by Gasteiger charge is -2.12. The summed E-state index contributed by atoms with van der Waals surface area (Å²) in [6.07, 6.45) is 4.25. The Bertz CT molecular complexity index is 1350. The highest BCUT2D eigenvalue weighted by molar-refractivity contribution is 6.05. The first-order valence-electron chi connectivity index (χ1n) is 11.1. The van der Waals surface area contributed by atoms with Crippen LogP contribution in [0.3, 0.4) is 0 Å². The Hall–Kier alpha value is -4.32. The summed E-state index contributed by atoms with van der Waals surface area (Å²) in [5.74, 6) is -0.111. The van der Waals surface area contributed by atoms with E-state index < -0.39 is 0 Å². The van der Waals surface area contributed by atoms with Gasteiger partial charge in [-0.15, -0.1) is 0 Å². The number of amides is 2. The van der Waals surface area contributed by atoms with E-state index in [0.717, 1.165) is 22.0 Å². The van der Waals surface area contributed by atoms with Gasteiger partial charge in [0.05, 0.1) is 7.11 Å². The molecule has 172 valence electrons. The number of carbonyl (C=O) groups excluding carboxylic acids is 2. The second kappa shape index (κ2) is 10.5. The molecule has 0 saturated carbocycles. The summed E-state index contributed by atoms with van der Waals surface area (Å²) in [5.41, 5.74) is 4.47. The van der Waals surface area contributed by atoms with Crippen molar-refractivity contribution >= 4 is 28.8 Å². The Balaban J connectivity index is 1.53. The third kappa shape index (κ3) is 5.35. The summed E-state index contributed by atoms with van der Waals surface area (Å²) in [5, 5.41) is 6.85. The van der Waals surface area contributed by atoms with Crippen molar-refractivity contribution in [3.8, 4) is 5.75 Å². The molecule has 34 heavy (non-hydrogen) atoms. The number of para-hydroxylation sites is 2. The van der Waals surface area contributed by atoms with E-state index in [0.29, 0.717) is 29.8 Å². The van der Waals surface area contributed by atoms with E-state index in [1.54, 1.807) is 31.4 Å². The molecule has 0 saturated heterocycles. The van der Waals surface area contributed by atoms with Crippen molar-refractivity contribution < 1.29 is 14.3 Å². The molecule has 3 aromatic carbocycles. The van der Waals surface area contributed by atoms with Crippen LogP contribution in [-0.2, 0) is 11.2 Å². The van der Waals surface area contributed by atoms with Gasteiger partial charge in [0.25, 0.3) is 11.8 Å². The van der Waals surface area contributed by atoms with Gasteiger partial charge in [-0.1, -0.05) is 54.1 Å². The number of methoxy groups -OCH3 is 1. The van der Waals surface area contributed by atoms with Gasteiger partial charge in [0.1, 0.15) is 11.4 Å². The normalized spacial score (nSPS) is 11.3. The summed E-state index contributed by atoms with van der Waals surface area (Å²) >= 11 is 0. The first-order chi connectivity index (χ1) is 16.5.